The average Bonchev–Trinajstić information content (AvgIpc) is 2.86. The first-order valence-corrected chi connectivity index (χ1v) is 11.3. The lowest BCUT2D eigenvalue weighted by atomic mass is 9.83. The molecule has 1 unspecified atom stereocenters. The first kappa shape index (κ1) is 23.9. The Labute approximate surface area is 211 Å². The van der Waals surface area contributed by atoms with Crippen molar-refractivity contribution in [1.82, 2.24) is 0 Å². The number of halogens is 1. The van der Waals surface area contributed by atoms with E-state index in [9.17, 15) is 10.1 Å². The van der Waals surface area contributed by atoms with E-state index in [0.717, 1.165) is 21.3 Å². The van der Waals surface area contributed by atoms with Crippen molar-refractivity contribution < 1.29 is 23.7 Å². The fourth-order valence-electron chi connectivity index (χ4n) is 3.78. The van der Waals surface area contributed by atoms with Crippen molar-refractivity contribution >= 4 is 28.0 Å². The van der Waals surface area contributed by atoms with Crippen molar-refractivity contribution in [3.8, 4) is 29.1 Å². The van der Waals surface area contributed by atoms with Gasteiger partial charge in [0.2, 0.25) is 5.88 Å². The summed E-state index contributed by atoms with van der Waals surface area (Å²) in [5.74, 6) is 0.907. The number of carbonyl (C=O) groups excluding carboxylic acids is 1. The van der Waals surface area contributed by atoms with E-state index in [1.54, 1.807) is 50.6 Å². The highest BCUT2D eigenvalue weighted by Gasteiger charge is 2.33. The van der Waals surface area contributed by atoms with Crippen LogP contribution in [0.4, 0.5) is 0 Å². The molecule has 1 atom stereocenters. The standard InChI is InChI=1S/C27H21BrN2O5/c1-32-18-7-3-16(4-8-18)5-12-25(31)34-19-9-10-20-24(14-19)35-27(30)22(15-29)26(20)21-13-17(28)6-11-23(21)33-2/h3-14,26H,30H2,1-2H3/b12-5+. The molecule has 1 heterocycles. The smallest absolute Gasteiger partial charge is 0.336 e. The van der Waals surface area contributed by atoms with Crippen LogP contribution in [0.2, 0.25) is 0 Å². The molecule has 35 heavy (non-hydrogen) atoms. The second-order valence-corrected chi connectivity index (χ2v) is 8.45. The zero-order chi connectivity index (χ0) is 24.9. The second kappa shape index (κ2) is 10.4. The lowest BCUT2D eigenvalue weighted by molar-refractivity contribution is -0.128. The lowest BCUT2D eigenvalue weighted by Gasteiger charge is -2.27. The molecule has 0 amide bonds. The van der Waals surface area contributed by atoms with Gasteiger partial charge in [-0.3, -0.25) is 0 Å². The van der Waals surface area contributed by atoms with E-state index >= 15 is 0 Å². The van der Waals surface area contributed by atoms with E-state index in [0.29, 0.717) is 17.1 Å². The molecule has 3 aromatic rings. The first-order chi connectivity index (χ1) is 16.9. The van der Waals surface area contributed by atoms with Crippen LogP contribution in [-0.2, 0) is 4.79 Å². The number of nitriles is 1. The SMILES string of the molecule is COc1ccc(/C=C/C(=O)Oc2ccc3c(c2)OC(N)=C(C#N)C3c2cc(Br)ccc2OC)cc1. The monoisotopic (exact) mass is 532 g/mol. The number of hydrogen-bond donors (Lipinski definition) is 1. The van der Waals surface area contributed by atoms with Gasteiger partial charge in [0.25, 0.3) is 0 Å². The summed E-state index contributed by atoms with van der Waals surface area (Å²) < 4.78 is 22.7. The minimum absolute atomic E-state index is 0.0186. The van der Waals surface area contributed by atoms with Crippen LogP contribution >= 0.6 is 15.9 Å². The molecule has 0 fully saturated rings. The maximum atomic E-state index is 12.4. The third kappa shape index (κ3) is 5.15. The Morgan fingerprint density at radius 2 is 1.77 bits per heavy atom. The molecule has 4 rings (SSSR count). The Kier molecular flexibility index (Phi) is 7.09. The number of nitrogens with zero attached hydrogens (tertiary/aromatic N) is 1. The van der Waals surface area contributed by atoms with Crippen molar-refractivity contribution in [2.75, 3.05) is 14.2 Å². The molecule has 0 saturated carbocycles. The van der Waals surface area contributed by atoms with Gasteiger partial charge in [-0.2, -0.15) is 5.26 Å². The highest BCUT2D eigenvalue weighted by molar-refractivity contribution is 9.10. The summed E-state index contributed by atoms with van der Waals surface area (Å²) in [6.07, 6.45) is 2.98. The largest absolute Gasteiger partial charge is 0.497 e. The van der Waals surface area contributed by atoms with E-state index < -0.39 is 11.9 Å². The van der Waals surface area contributed by atoms with E-state index in [2.05, 4.69) is 22.0 Å². The van der Waals surface area contributed by atoms with Gasteiger partial charge in [-0.05, 0) is 48.0 Å². The van der Waals surface area contributed by atoms with Crippen LogP contribution < -0.4 is 24.7 Å². The second-order valence-electron chi connectivity index (χ2n) is 7.54. The number of methoxy groups -OCH3 is 2. The first-order valence-electron chi connectivity index (χ1n) is 10.5. The molecule has 0 radical (unpaired) electrons. The summed E-state index contributed by atoms with van der Waals surface area (Å²) in [5, 5.41) is 9.80. The van der Waals surface area contributed by atoms with Gasteiger partial charge < -0.3 is 24.7 Å². The van der Waals surface area contributed by atoms with Crippen LogP contribution in [0.5, 0.6) is 23.0 Å². The van der Waals surface area contributed by atoms with Crippen molar-refractivity contribution in [3.05, 3.63) is 99.4 Å². The Balaban J connectivity index is 1.61. The van der Waals surface area contributed by atoms with Gasteiger partial charge in [0, 0.05) is 27.7 Å². The predicted molar refractivity (Wildman–Crippen MR) is 134 cm³/mol. The Morgan fingerprint density at radius 3 is 2.46 bits per heavy atom. The molecular weight excluding hydrogens is 512 g/mol. The predicted octanol–water partition coefficient (Wildman–Crippen LogP) is 5.30. The van der Waals surface area contributed by atoms with Crippen molar-refractivity contribution in [1.29, 1.82) is 5.26 Å². The zero-order valence-electron chi connectivity index (χ0n) is 18.9. The highest BCUT2D eigenvalue weighted by atomic mass is 79.9. The number of ether oxygens (including phenoxy) is 4. The lowest BCUT2D eigenvalue weighted by Crippen LogP contribution is -2.21. The molecule has 1 aliphatic heterocycles. The van der Waals surface area contributed by atoms with Gasteiger partial charge in [0.15, 0.2) is 0 Å². The molecule has 2 N–H and O–H groups in total. The maximum Gasteiger partial charge on any atom is 0.336 e. The van der Waals surface area contributed by atoms with E-state index in [-0.39, 0.29) is 17.2 Å². The molecule has 0 aliphatic carbocycles. The van der Waals surface area contributed by atoms with Crippen molar-refractivity contribution in [3.63, 3.8) is 0 Å². The quantitative estimate of drug-likeness (QED) is 0.261. The van der Waals surface area contributed by atoms with E-state index in [1.165, 1.54) is 6.08 Å². The summed E-state index contributed by atoms with van der Waals surface area (Å²) in [6, 6.07) is 19.9. The number of fused-ring (bicyclic) bond motifs is 1. The Morgan fingerprint density at radius 1 is 1.03 bits per heavy atom. The maximum absolute atomic E-state index is 12.4. The third-order valence-electron chi connectivity index (χ3n) is 5.44. The molecule has 1 aliphatic rings. The summed E-state index contributed by atoms with van der Waals surface area (Å²) >= 11 is 3.48. The number of benzene rings is 3. The van der Waals surface area contributed by atoms with Gasteiger partial charge >= 0.3 is 5.97 Å². The average molecular weight is 533 g/mol. The van der Waals surface area contributed by atoms with Crippen molar-refractivity contribution in [2.24, 2.45) is 5.73 Å². The van der Waals surface area contributed by atoms with Gasteiger partial charge in [-0.25, -0.2) is 4.79 Å². The van der Waals surface area contributed by atoms with Gasteiger partial charge in [0.1, 0.15) is 34.6 Å². The van der Waals surface area contributed by atoms with Crippen LogP contribution in [0.3, 0.4) is 0 Å². The van der Waals surface area contributed by atoms with Crippen LogP contribution in [0.25, 0.3) is 6.08 Å². The summed E-state index contributed by atoms with van der Waals surface area (Å²) in [4.78, 5) is 12.4. The third-order valence-corrected chi connectivity index (χ3v) is 5.93. The Bertz CT molecular complexity index is 1370. The van der Waals surface area contributed by atoms with E-state index in [4.69, 9.17) is 24.7 Å². The normalized spacial score (nSPS) is 14.6. The zero-order valence-corrected chi connectivity index (χ0v) is 20.5. The number of allylic oxidation sites excluding steroid dienone is 1. The number of carbonyl (C=O) groups is 1. The topological polar surface area (TPSA) is 104 Å². The molecule has 0 bridgehead atoms. The van der Waals surface area contributed by atoms with Crippen LogP contribution in [-0.4, -0.2) is 20.2 Å². The minimum Gasteiger partial charge on any atom is -0.497 e. The molecular formula is C27H21BrN2O5. The molecule has 7 nitrogen and oxygen atoms in total. The van der Waals surface area contributed by atoms with Crippen LogP contribution in [0.15, 0.2) is 82.7 Å². The fraction of sp³-hybridized carbons (Fsp3) is 0.111. The van der Waals surface area contributed by atoms with E-state index in [1.807, 2.05) is 30.3 Å². The molecule has 3 aromatic carbocycles. The molecule has 0 spiro atoms. The molecule has 176 valence electrons. The molecule has 0 saturated heterocycles. The minimum atomic E-state index is -0.553. The van der Waals surface area contributed by atoms with Crippen molar-refractivity contribution in [2.45, 2.75) is 5.92 Å². The Hall–Kier alpha value is -4.22. The molecule has 8 heteroatoms. The van der Waals surface area contributed by atoms with Crippen LogP contribution in [0, 0.1) is 11.3 Å². The fourth-order valence-corrected chi connectivity index (χ4v) is 4.16. The number of esters is 1. The van der Waals surface area contributed by atoms with Gasteiger partial charge in [0.05, 0.1) is 20.1 Å². The molecule has 0 aromatic heterocycles. The summed E-state index contributed by atoms with van der Waals surface area (Å²) in [6.45, 7) is 0. The summed E-state index contributed by atoms with van der Waals surface area (Å²) in [5.41, 5.74) is 8.63. The number of rotatable bonds is 6. The van der Waals surface area contributed by atoms with Gasteiger partial charge in [-0.1, -0.05) is 34.1 Å². The summed E-state index contributed by atoms with van der Waals surface area (Å²) in [7, 11) is 3.15. The van der Waals surface area contributed by atoms with Crippen LogP contribution in [0.1, 0.15) is 22.6 Å². The van der Waals surface area contributed by atoms with Gasteiger partial charge in [-0.15, -0.1) is 0 Å². The highest BCUT2D eigenvalue weighted by Crippen LogP contribution is 2.46. The number of hydrogen-bond acceptors (Lipinski definition) is 7. The number of nitrogens with two attached hydrogens (primary N) is 1.